The van der Waals surface area contributed by atoms with Gasteiger partial charge in [0.1, 0.15) is 5.82 Å². The van der Waals surface area contributed by atoms with Crippen LogP contribution < -0.4 is 0 Å². The number of nitrogens with zero attached hydrogens (tertiary/aromatic N) is 2. The van der Waals surface area contributed by atoms with Crippen LogP contribution in [-0.2, 0) is 0 Å². The Balaban J connectivity index is 2.28. The molecule has 0 saturated carbocycles. The molecule has 1 aliphatic heterocycles. The summed E-state index contributed by atoms with van der Waals surface area (Å²) in [4.78, 5) is 16.0. The molecule has 1 saturated heterocycles. The molecule has 116 valence electrons. The average Bonchev–Trinajstić information content (AvgIpc) is 2.73. The van der Waals surface area contributed by atoms with Crippen molar-refractivity contribution in [2.24, 2.45) is 0 Å². The minimum Gasteiger partial charge on any atom is -0.391 e. The molecule has 0 bridgehead atoms. The molecule has 2 unspecified atom stereocenters. The summed E-state index contributed by atoms with van der Waals surface area (Å²) in [7, 11) is 3.78. The average molecular weight is 335 g/mol. The lowest BCUT2D eigenvalue weighted by molar-refractivity contribution is 0.0699. The van der Waals surface area contributed by atoms with Crippen LogP contribution in [0.1, 0.15) is 16.8 Å². The summed E-state index contributed by atoms with van der Waals surface area (Å²) >= 11 is 11.6. The molecule has 4 nitrogen and oxygen atoms in total. The number of aliphatic hydroxyl groups is 1. The zero-order valence-corrected chi connectivity index (χ0v) is 13.3. The van der Waals surface area contributed by atoms with E-state index in [0.29, 0.717) is 13.0 Å². The molecular formula is C14H17Cl2FN2O2. The van der Waals surface area contributed by atoms with Gasteiger partial charge in [-0.2, -0.15) is 0 Å². The Morgan fingerprint density at radius 2 is 2.10 bits per heavy atom. The Bertz CT molecular complexity index is 554. The molecule has 1 aromatic rings. The second kappa shape index (κ2) is 6.48. The van der Waals surface area contributed by atoms with E-state index in [2.05, 4.69) is 0 Å². The van der Waals surface area contributed by atoms with E-state index in [0.717, 1.165) is 6.07 Å². The quantitative estimate of drug-likeness (QED) is 0.862. The summed E-state index contributed by atoms with van der Waals surface area (Å²) < 4.78 is 13.6. The molecule has 21 heavy (non-hydrogen) atoms. The van der Waals surface area contributed by atoms with E-state index in [9.17, 15) is 14.3 Å². The van der Waals surface area contributed by atoms with E-state index in [1.807, 2.05) is 19.0 Å². The zero-order chi connectivity index (χ0) is 15.7. The van der Waals surface area contributed by atoms with Gasteiger partial charge in [-0.1, -0.05) is 23.2 Å². The van der Waals surface area contributed by atoms with Crippen LogP contribution in [0, 0.1) is 5.82 Å². The monoisotopic (exact) mass is 334 g/mol. The van der Waals surface area contributed by atoms with Crippen LogP contribution in [0.4, 0.5) is 4.39 Å². The number of hydrogen-bond acceptors (Lipinski definition) is 3. The smallest absolute Gasteiger partial charge is 0.255 e. The maximum atomic E-state index is 13.6. The number of hydrogen-bond donors (Lipinski definition) is 1. The first kappa shape index (κ1) is 16.5. The predicted octanol–water partition coefficient (Wildman–Crippen LogP) is 2.27. The second-order valence-corrected chi connectivity index (χ2v) is 6.32. The van der Waals surface area contributed by atoms with Crippen molar-refractivity contribution in [2.75, 3.05) is 27.2 Å². The topological polar surface area (TPSA) is 43.8 Å². The normalized spacial score (nSPS) is 22.1. The lowest BCUT2D eigenvalue weighted by Crippen LogP contribution is -2.41. The number of amides is 1. The first-order chi connectivity index (χ1) is 9.79. The van der Waals surface area contributed by atoms with Crippen LogP contribution in [0.15, 0.2) is 12.1 Å². The summed E-state index contributed by atoms with van der Waals surface area (Å²) in [5.74, 6) is -1.08. The van der Waals surface area contributed by atoms with Crippen LogP contribution in [0.5, 0.6) is 0 Å². The summed E-state index contributed by atoms with van der Waals surface area (Å²) in [5, 5.41) is 9.79. The Morgan fingerprint density at radius 3 is 2.71 bits per heavy atom. The van der Waals surface area contributed by atoms with Crippen molar-refractivity contribution in [3.8, 4) is 0 Å². The van der Waals surface area contributed by atoms with Crippen molar-refractivity contribution in [3.05, 3.63) is 33.6 Å². The minimum atomic E-state index is -0.687. The zero-order valence-electron chi connectivity index (χ0n) is 11.8. The van der Waals surface area contributed by atoms with E-state index in [1.54, 1.807) is 4.90 Å². The van der Waals surface area contributed by atoms with Crippen molar-refractivity contribution < 1.29 is 14.3 Å². The largest absolute Gasteiger partial charge is 0.391 e. The standard InChI is InChI=1S/C14H17Cl2FN2O2/c1-18(2)6-8-3-9(20)7-19(8)14(21)10-4-13(17)12(16)5-11(10)15/h4-5,8-9,20H,3,6-7H2,1-2H3. The van der Waals surface area contributed by atoms with Gasteiger partial charge in [-0.25, -0.2) is 4.39 Å². The predicted molar refractivity (Wildman–Crippen MR) is 80.4 cm³/mol. The number of rotatable bonds is 3. The van der Waals surface area contributed by atoms with Gasteiger partial charge in [-0.15, -0.1) is 0 Å². The van der Waals surface area contributed by atoms with Gasteiger partial charge in [0.05, 0.1) is 21.7 Å². The summed E-state index contributed by atoms with van der Waals surface area (Å²) in [6.07, 6.45) is -0.0766. The molecule has 0 radical (unpaired) electrons. The van der Waals surface area contributed by atoms with Gasteiger partial charge >= 0.3 is 0 Å². The fourth-order valence-electron chi connectivity index (χ4n) is 2.58. The Hall–Kier alpha value is -0.880. The summed E-state index contributed by atoms with van der Waals surface area (Å²) in [5.41, 5.74) is 0.0661. The number of β-amino-alcohol motifs (C(OH)–C–C–N with tert-alkyl or cyclic N) is 1. The van der Waals surface area contributed by atoms with Gasteiger partial charge in [0, 0.05) is 19.1 Å². The number of likely N-dealkylation sites (N-methyl/N-ethyl adjacent to an activating group) is 1. The molecule has 1 aliphatic rings. The van der Waals surface area contributed by atoms with Crippen LogP contribution in [0.3, 0.4) is 0 Å². The highest BCUT2D eigenvalue weighted by Crippen LogP contribution is 2.28. The maximum Gasteiger partial charge on any atom is 0.255 e. The fourth-order valence-corrected chi connectivity index (χ4v) is 3.04. The number of benzene rings is 1. The number of aliphatic hydroxyl groups excluding tert-OH is 1. The molecule has 0 spiro atoms. The van der Waals surface area contributed by atoms with E-state index >= 15 is 0 Å². The fraction of sp³-hybridized carbons (Fsp3) is 0.500. The molecule has 1 fully saturated rings. The van der Waals surface area contributed by atoms with Crippen LogP contribution in [0.25, 0.3) is 0 Å². The van der Waals surface area contributed by atoms with Crippen molar-refractivity contribution in [2.45, 2.75) is 18.6 Å². The molecule has 7 heteroatoms. The van der Waals surface area contributed by atoms with Crippen LogP contribution in [0.2, 0.25) is 10.0 Å². The summed E-state index contributed by atoms with van der Waals surface area (Å²) in [6.45, 7) is 0.842. The molecule has 2 atom stereocenters. The van der Waals surface area contributed by atoms with E-state index in [-0.39, 0.29) is 34.1 Å². The molecule has 0 aromatic heterocycles. The summed E-state index contributed by atoms with van der Waals surface area (Å²) in [6, 6.07) is 2.14. The number of halogens is 3. The van der Waals surface area contributed by atoms with E-state index in [4.69, 9.17) is 23.2 Å². The van der Waals surface area contributed by atoms with Gasteiger partial charge < -0.3 is 14.9 Å². The second-order valence-electron chi connectivity index (χ2n) is 5.51. The molecule has 0 aliphatic carbocycles. The Labute approximate surface area is 133 Å². The minimum absolute atomic E-state index is 0.0661. The highest BCUT2D eigenvalue weighted by atomic mass is 35.5. The van der Waals surface area contributed by atoms with Gasteiger partial charge in [-0.05, 0) is 32.6 Å². The molecule has 2 rings (SSSR count). The lowest BCUT2D eigenvalue weighted by Gasteiger charge is -2.27. The third-order valence-electron chi connectivity index (χ3n) is 3.47. The van der Waals surface area contributed by atoms with Crippen LogP contribution in [-0.4, -0.2) is 60.1 Å². The lowest BCUT2D eigenvalue weighted by atomic mass is 10.1. The SMILES string of the molecule is CN(C)CC1CC(O)CN1C(=O)c1cc(F)c(Cl)cc1Cl. The van der Waals surface area contributed by atoms with Crippen molar-refractivity contribution in [3.63, 3.8) is 0 Å². The van der Waals surface area contributed by atoms with Gasteiger partial charge in [-0.3, -0.25) is 4.79 Å². The van der Waals surface area contributed by atoms with Crippen molar-refractivity contribution in [1.82, 2.24) is 9.80 Å². The first-order valence-corrected chi connectivity index (χ1v) is 7.33. The number of carbonyl (C=O) groups is 1. The van der Waals surface area contributed by atoms with Crippen molar-refractivity contribution in [1.29, 1.82) is 0 Å². The molecule has 1 heterocycles. The van der Waals surface area contributed by atoms with Gasteiger partial charge in [0.2, 0.25) is 0 Å². The number of carbonyl (C=O) groups excluding carboxylic acids is 1. The molecule has 1 aromatic carbocycles. The number of likely N-dealkylation sites (tertiary alicyclic amines) is 1. The van der Waals surface area contributed by atoms with Gasteiger partial charge in [0.15, 0.2) is 0 Å². The van der Waals surface area contributed by atoms with Gasteiger partial charge in [0.25, 0.3) is 5.91 Å². The highest BCUT2D eigenvalue weighted by molar-refractivity contribution is 6.36. The Kier molecular flexibility index (Phi) is 5.09. The third kappa shape index (κ3) is 3.66. The van der Waals surface area contributed by atoms with Crippen LogP contribution >= 0.6 is 23.2 Å². The molecule has 1 N–H and O–H groups in total. The van der Waals surface area contributed by atoms with E-state index in [1.165, 1.54) is 6.07 Å². The third-order valence-corrected chi connectivity index (χ3v) is 4.07. The highest BCUT2D eigenvalue weighted by Gasteiger charge is 2.35. The molecule has 1 amide bonds. The van der Waals surface area contributed by atoms with E-state index < -0.39 is 11.9 Å². The Morgan fingerprint density at radius 1 is 1.43 bits per heavy atom. The first-order valence-electron chi connectivity index (χ1n) is 6.58. The molecular weight excluding hydrogens is 318 g/mol. The van der Waals surface area contributed by atoms with Crippen molar-refractivity contribution >= 4 is 29.1 Å². The maximum absolute atomic E-state index is 13.6.